The molecular formula is C24H34F4N4O5. The first-order valence-corrected chi connectivity index (χ1v) is 11.9. The third-order valence-corrected chi connectivity index (χ3v) is 6.49. The smallest absolute Gasteiger partial charge is 0.421 e. The highest BCUT2D eigenvalue weighted by Crippen LogP contribution is 2.47. The predicted octanol–water partition coefficient (Wildman–Crippen LogP) is 3.13. The molecule has 1 fully saturated rings. The molecule has 0 aromatic heterocycles. The maximum Gasteiger partial charge on any atom is 0.507 e. The molecular weight excluding hydrogens is 500 g/mol. The topological polar surface area (TPSA) is 102 Å². The molecule has 0 unspecified atom stereocenters. The molecule has 0 radical (unpaired) electrons. The summed E-state index contributed by atoms with van der Waals surface area (Å²) in [6.07, 6.45) is -5.98. The molecule has 1 aromatic carbocycles. The van der Waals surface area contributed by atoms with Gasteiger partial charge in [-0.15, -0.1) is 0 Å². The molecule has 0 aliphatic carbocycles. The van der Waals surface area contributed by atoms with Crippen LogP contribution in [0.1, 0.15) is 31.7 Å². The van der Waals surface area contributed by atoms with Gasteiger partial charge in [-0.05, 0) is 51.2 Å². The second-order valence-electron chi connectivity index (χ2n) is 9.25. The fraction of sp³-hybridized carbons (Fsp3) is 0.625. The van der Waals surface area contributed by atoms with Crippen LogP contribution >= 0.6 is 0 Å². The summed E-state index contributed by atoms with van der Waals surface area (Å²) in [5, 5.41) is 11.2. The molecule has 208 valence electrons. The van der Waals surface area contributed by atoms with E-state index in [0.717, 1.165) is 25.0 Å². The number of hydrogen-bond acceptors (Lipinski definition) is 9. The molecule has 0 spiro atoms. The Kier molecular flexibility index (Phi) is 9.40. The average Bonchev–Trinajstić information content (AvgIpc) is 2.84. The van der Waals surface area contributed by atoms with E-state index in [1.807, 2.05) is 14.0 Å². The summed E-state index contributed by atoms with van der Waals surface area (Å²) in [6.45, 7) is 5.89. The molecule has 9 nitrogen and oxygen atoms in total. The molecule has 1 aromatic rings. The quantitative estimate of drug-likeness (QED) is 0.193. The second kappa shape index (κ2) is 11.9. The van der Waals surface area contributed by atoms with Gasteiger partial charge in [0.25, 0.3) is 0 Å². The SMILES string of the molecule is C=N/C(=C\N(N)[C@H](CO)Cc1ccc2c(c1)OC(F)(F)C(F)(F)O2)CCN(C)[C@@H]1C[C@H](OC)O[C@H](C)C1. The van der Waals surface area contributed by atoms with Crippen molar-refractivity contribution in [1.29, 1.82) is 0 Å². The molecule has 2 aliphatic rings. The number of aliphatic hydroxyl groups is 1. The number of ether oxygens (including phenoxy) is 4. The second-order valence-corrected chi connectivity index (χ2v) is 9.25. The van der Waals surface area contributed by atoms with Crippen molar-refractivity contribution in [1.82, 2.24) is 9.91 Å². The van der Waals surface area contributed by atoms with Gasteiger partial charge in [0.05, 0.1) is 24.4 Å². The zero-order chi connectivity index (χ0) is 27.4. The Morgan fingerprint density at radius 1 is 1.27 bits per heavy atom. The molecule has 13 heteroatoms. The van der Waals surface area contributed by atoms with Gasteiger partial charge in [-0.2, -0.15) is 17.6 Å². The molecule has 2 aliphatic heterocycles. The van der Waals surface area contributed by atoms with Crippen LogP contribution in [0.25, 0.3) is 0 Å². The van der Waals surface area contributed by atoms with E-state index in [1.54, 1.807) is 13.3 Å². The highest BCUT2D eigenvalue weighted by atomic mass is 19.3. The summed E-state index contributed by atoms with van der Waals surface area (Å²) in [6, 6.07) is 3.27. The number of aliphatic imine (C=N–C) groups is 1. The average molecular weight is 535 g/mol. The monoisotopic (exact) mass is 534 g/mol. The van der Waals surface area contributed by atoms with Crippen LogP contribution in [-0.4, -0.2) is 85.7 Å². The number of alkyl halides is 4. The standard InChI is InChI=1S/C24H34F4N4O5/c1-15-9-18(12-22(34-4)35-15)31(3)8-7-17(30-2)13-32(29)19(14-33)10-16-5-6-20-21(11-16)37-24(27,28)23(25,26)36-20/h5-6,11,13,15,18-19,22,33H,2,7-10,12,14,29H2,1,3-4H3/b17-13-/t15-,18+,19+,22-/m1/s1. The number of fused-ring (bicyclic) bond motifs is 1. The fourth-order valence-corrected chi connectivity index (χ4v) is 4.29. The summed E-state index contributed by atoms with van der Waals surface area (Å²) in [7, 11) is 3.63. The zero-order valence-corrected chi connectivity index (χ0v) is 21.1. The van der Waals surface area contributed by atoms with E-state index in [4.69, 9.17) is 15.3 Å². The summed E-state index contributed by atoms with van der Waals surface area (Å²) in [4.78, 5) is 6.24. The van der Waals surface area contributed by atoms with Gasteiger partial charge in [0.15, 0.2) is 17.8 Å². The Morgan fingerprint density at radius 3 is 2.57 bits per heavy atom. The number of halogens is 4. The molecule has 3 rings (SSSR count). The normalized spacial score (nSPS) is 25.6. The number of nitrogens with two attached hydrogens (primary N) is 1. The summed E-state index contributed by atoms with van der Waals surface area (Å²) in [5.41, 5.74) is 1.00. The molecule has 1 saturated heterocycles. The van der Waals surface area contributed by atoms with Gasteiger partial charge in [-0.25, -0.2) is 5.84 Å². The minimum atomic E-state index is -4.82. The molecule has 37 heavy (non-hydrogen) atoms. The first-order chi connectivity index (χ1) is 17.4. The first kappa shape index (κ1) is 29.1. The number of aliphatic hydroxyl groups excluding tert-OH is 1. The van der Waals surface area contributed by atoms with Gasteiger partial charge in [-0.1, -0.05) is 6.07 Å². The van der Waals surface area contributed by atoms with E-state index in [2.05, 4.69) is 26.1 Å². The van der Waals surface area contributed by atoms with Gasteiger partial charge >= 0.3 is 12.2 Å². The van der Waals surface area contributed by atoms with Crippen LogP contribution < -0.4 is 15.3 Å². The van der Waals surface area contributed by atoms with Gasteiger partial charge < -0.3 is 34.0 Å². The fourth-order valence-electron chi connectivity index (χ4n) is 4.29. The number of hydrogen-bond donors (Lipinski definition) is 2. The third kappa shape index (κ3) is 7.11. The Balaban J connectivity index is 1.62. The number of benzene rings is 1. The van der Waals surface area contributed by atoms with E-state index in [1.165, 1.54) is 11.1 Å². The van der Waals surface area contributed by atoms with Crippen molar-refractivity contribution in [2.75, 3.05) is 27.3 Å². The summed E-state index contributed by atoms with van der Waals surface area (Å²) < 4.78 is 73.2. The maximum absolute atomic E-state index is 13.5. The van der Waals surface area contributed by atoms with Gasteiger partial charge in [0, 0.05) is 38.7 Å². The van der Waals surface area contributed by atoms with E-state index in [0.29, 0.717) is 24.2 Å². The lowest BCUT2D eigenvalue weighted by Crippen LogP contribution is -2.52. The number of hydrazine groups is 1. The van der Waals surface area contributed by atoms with Crippen LogP contribution in [0.5, 0.6) is 11.5 Å². The van der Waals surface area contributed by atoms with Crippen molar-refractivity contribution in [3.63, 3.8) is 0 Å². The minimum absolute atomic E-state index is 0.0758. The Bertz CT molecular complexity index is 967. The van der Waals surface area contributed by atoms with Gasteiger partial charge in [-0.3, -0.25) is 4.99 Å². The van der Waals surface area contributed by atoms with E-state index in [9.17, 15) is 22.7 Å². The molecule has 3 N–H and O–H groups in total. The lowest BCUT2D eigenvalue weighted by atomic mass is 10.0. The van der Waals surface area contributed by atoms with Gasteiger partial charge in [0.1, 0.15) is 0 Å². The van der Waals surface area contributed by atoms with Crippen molar-refractivity contribution in [2.24, 2.45) is 10.8 Å². The lowest BCUT2D eigenvalue weighted by molar-refractivity contribution is -0.391. The highest BCUT2D eigenvalue weighted by molar-refractivity contribution is 5.45. The van der Waals surface area contributed by atoms with Crippen molar-refractivity contribution < 1.29 is 41.6 Å². The van der Waals surface area contributed by atoms with E-state index in [-0.39, 0.29) is 31.5 Å². The van der Waals surface area contributed by atoms with Crippen molar-refractivity contribution >= 4 is 6.72 Å². The minimum Gasteiger partial charge on any atom is -0.421 e. The highest BCUT2D eigenvalue weighted by Gasteiger charge is 2.65. The van der Waals surface area contributed by atoms with Crippen molar-refractivity contribution in [2.45, 2.75) is 69.3 Å². The first-order valence-electron chi connectivity index (χ1n) is 11.9. The van der Waals surface area contributed by atoms with Crippen LogP contribution in [0, 0.1) is 0 Å². The van der Waals surface area contributed by atoms with E-state index < -0.39 is 29.8 Å². The van der Waals surface area contributed by atoms with Crippen LogP contribution in [0.2, 0.25) is 0 Å². The van der Waals surface area contributed by atoms with Crippen LogP contribution in [0.3, 0.4) is 0 Å². The summed E-state index contributed by atoms with van der Waals surface area (Å²) in [5.74, 6) is 5.12. The predicted molar refractivity (Wildman–Crippen MR) is 127 cm³/mol. The number of methoxy groups -OCH3 is 1. The summed E-state index contributed by atoms with van der Waals surface area (Å²) >= 11 is 0. The number of nitrogens with zero attached hydrogens (tertiary/aromatic N) is 3. The largest absolute Gasteiger partial charge is 0.507 e. The molecule has 0 amide bonds. The Labute approximate surface area is 213 Å². The van der Waals surface area contributed by atoms with Crippen molar-refractivity contribution in [3.05, 3.63) is 35.7 Å². The lowest BCUT2D eigenvalue weighted by Gasteiger charge is -2.38. The Hall–Kier alpha value is -2.45. The molecule has 0 saturated carbocycles. The van der Waals surface area contributed by atoms with Crippen LogP contribution in [-0.2, 0) is 15.9 Å². The van der Waals surface area contributed by atoms with E-state index >= 15 is 0 Å². The molecule has 0 bridgehead atoms. The third-order valence-electron chi connectivity index (χ3n) is 6.49. The van der Waals surface area contributed by atoms with Gasteiger partial charge in [0.2, 0.25) is 0 Å². The maximum atomic E-state index is 13.5. The molecule has 4 atom stereocenters. The molecule has 2 heterocycles. The number of rotatable bonds is 11. The zero-order valence-electron chi connectivity index (χ0n) is 21.1. The van der Waals surface area contributed by atoms with Crippen molar-refractivity contribution in [3.8, 4) is 11.5 Å². The Morgan fingerprint density at radius 2 is 1.95 bits per heavy atom. The van der Waals surface area contributed by atoms with Crippen LogP contribution in [0.4, 0.5) is 17.6 Å². The van der Waals surface area contributed by atoms with Crippen LogP contribution in [0.15, 0.2) is 35.1 Å².